The van der Waals surface area contributed by atoms with Crippen molar-refractivity contribution in [1.29, 1.82) is 0 Å². The molecule has 0 fully saturated rings. The molecule has 0 atom stereocenters. The van der Waals surface area contributed by atoms with Crippen molar-refractivity contribution in [3.05, 3.63) is 35.2 Å². The average molecular weight is 196 g/mol. The average Bonchev–Trinajstić information content (AvgIpc) is 2.47. The van der Waals surface area contributed by atoms with Gasteiger partial charge in [0.25, 0.3) is 0 Å². The van der Waals surface area contributed by atoms with Gasteiger partial charge in [0.05, 0.1) is 11.3 Å². The van der Waals surface area contributed by atoms with Gasteiger partial charge in [0.1, 0.15) is 0 Å². The van der Waals surface area contributed by atoms with E-state index < -0.39 is 5.97 Å². The van der Waals surface area contributed by atoms with E-state index in [4.69, 9.17) is 16.7 Å². The number of aromatic nitrogens is 1. The maximum absolute atomic E-state index is 10.6. The van der Waals surface area contributed by atoms with E-state index in [1.165, 1.54) is 6.20 Å². The smallest absolute Gasteiger partial charge is 0.337 e. The van der Waals surface area contributed by atoms with Crippen LogP contribution < -0.4 is 0 Å². The van der Waals surface area contributed by atoms with Gasteiger partial charge in [0.2, 0.25) is 0 Å². The first-order valence-corrected chi connectivity index (χ1v) is 4.14. The van der Waals surface area contributed by atoms with Gasteiger partial charge in [0, 0.05) is 23.2 Å². The standard InChI is InChI=1S/C9H6ClNO2/c10-7-1-2-8-6(7)3-5(4-11-8)9(12)13/h1,3-4H,2H2,(H,12,13). The van der Waals surface area contributed by atoms with Crippen molar-refractivity contribution in [2.24, 2.45) is 0 Å². The Bertz CT molecular complexity index is 412. The quantitative estimate of drug-likeness (QED) is 0.745. The number of rotatable bonds is 1. The maximum atomic E-state index is 10.6. The number of allylic oxidation sites excluding steroid dienone is 1. The summed E-state index contributed by atoms with van der Waals surface area (Å²) in [5.74, 6) is -0.980. The lowest BCUT2D eigenvalue weighted by molar-refractivity contribution is 0.0696. The van der Waals surface area contributed by atoms with Crippen LogP contribution in [0.25, 0.3) is 5.03 Å². The first-order valence-electron chi connectivity index (χ1n) is 3.77. The number of hydrogen-bond donors (Lipinski definition) is 1. The predicted octanol–water partition coefficient (Wildman–Crippen LogP) is 1.92. The van der Waals surface area contributed by atoms with E-state index in [1.54, 1.807) is 6.07 Å². The first kappa shape index (κ1) is 8.26. The molecule has 66 valence electrons. The molecule has 0 unspecified atom stereocenters. The highest BCUT2D eigenvalue weighted by molar-refractivity contribution is 6.49. The molecule has 0 amide bonds. The van der Waals surface area contributed by atoms with Crippen molar-refractivity contribution in [1.82, 2.24) is 4.98 Å². The van der Waals surface area contributed by atoms with Crippen LogP contribution >= 0.6 is 11.6 Å². The highest BCUT2D eigenvalue weighted by Gasteiger charge is 2.15. The fraction of sp³-hybridized carbons (Fsp3) is 0.111. The third-order valence-electron chi connectivity index (χ3n) is 1.95. The Labute approximate surface area is 79.7 Å². The van der Waals surface area contributed by atoms with Crippen molar-refractivity contribution in [2.75, 3.05) is 0 Å². The molecule has 0 spiro atoms. The molecule has 0 aromatic carbocycles. The molecule has 1 aromatic heterocycles. The summed E-state index contributed by atoms with van der Waals surface area (Å²) in [6.07, 6.45) is 3.86. The van der Waals surface area contributed by atoms with Gasteiger partial charge >= 0.3 is 5.97 Å². The van der Waals surface area contributed by atoms with Crippen LogP contribution in [0.4, 0.5) is 0 Å². The molecule has 0 saturated heterocycles. The fourth-order valence-electron chi connectivity index (χ4n) is 1.28. The summed E-state index contributed by atoms with van der Waals surface area (Å²) < 4.78 is 0. The molecule has 0 radical (unpaired) electrons. The van der Waals surface area contributed by atoms with Crippen LogP contribution in [-0.4, -0.2) is 16.1 Å². The van der Waals surface area contributed by atoms with Crippen LogP contribution in [0.3, 0.4) is 0 Å². The SMILES string of the molecule is O=C(O)c1cnc2c(c1)C(Cl)=CC2. The van der Waals surface area contributed by atoms with Gasteiger partial charge in [-0.3, -0.25) is 4.98 Å². The van der Waals surface area contributed by atoms with Gasteiger partial charge in [-0.25, -0.2) is 4.79 Å². The van der Waals surface area contributed by atoms with Gasteiger partial charge < -0.3 is 5.11 Å². The Morgan fingerprint density at radius 3 is 3.08 bits per heavy atom. The van der Waals surface area contributed by atoms with Gasteiger partial charge in [-0.05, 0) is 6.07 Å². The number of carboxylic acid groups (broad SMARTS) is 1. The van der Waals surface area contributed by atoms with Crippen LogP contribution in [0.2, 0.25) is 0 Å². The molecule has 1 aromatic rings. The van der Waals surface area contributed by atoms with Crippen molar-refractivity contribution < 1.29 is 9.90 Å². The lowest BCUT2D eigenvalue weighted by atomic mass is 10.2. The molecule has 13 heavy (non-hydrogen) atoms. The second-order valence-corrected chi connectivity index (χ2v) is 3.19. The van der Waals surface area contributed by atoms with Crippen molar-refractivity contribution in [3.63, 3.8) is 0 Å². The Hall–Kier alpha value is -1.35. The van der Waals surface area contributed by atoms with Crippen LogP contribution in [0.15, 0.2) is 18.3 Å². The van der Waals surface area contributed by atoms with Crippen molar-refractivity contribution in [2.45, 2.75) is 6.42 Å². The molecule has 0 aliphatic heterocycles. The number of carbonyl (C=O) groups is 1. The Kier molecular flexibility index (Phi) is 1.81. The number of halogens is 1. The molecule has 4 heteroatoms. The zero-order valence-electron chi connectivity index (χ0n) is 6.62. The summed E-state index contributed by atoms with van der Waals surface area (Å²) in [7, 11) is 0. The Morgan fingerprint density at radius 1 is 1.62 bits per heavy atom. The lowest BCUT2D eigenvalue weighted by Crippen LogP contribution is -1.99. The van der Waals surface area contributed by atoms with Crippen LogP contribution in [0, 0.1) is 0 Å². The number of hydrogen-bond acceptors (Lipinski definition) is 2. The van der Waals surface area contributed by atoms with Crippen molar-refractivity contribution >= 4 is 22.6 Å². The molecule has 1 N–H and O–H groups in total. The molecule has 1 heterocycles. The molecular weight excluding hydrogens is 190 g/mol. The summed E-state index contributed by atoms with van der Waals surface area (Å²) in [4.78, 5) is 14.6. The third-order valence-corrected chi connectivity index (χ3v) is 2.31. The second kappa shape index (κ2) is 2.85. The number of aromatic carboxylic acids is 1. The van der Waals surface area contributed by atoms with E-state index >= 15 is 0 Å². The normalized spacial score (nSPS) is 13.8. The summed E-state index contributed by atoms with van der Waals surface area (Å²) in [6.45, 7) is 0. The molecule has 0 bridgehead atoms. The molecule has 2 rings (SSSR count). The minimum absolute atomic E-state index is 0.173. The first-order chi connectivity index (χ1) is 6.18. The summed E-state index contributed by atoms with van der Waals surface area (Å²) in [5.41, 5.74) is 1.75. The van der Waals surface area contributed by atoms with Crippen molar-refractivity contribution in [3.8, 4) is 0 Å². The largest absolute Gasteiger partial charge is 0.478 e. The van der Waals surface area contributed by atoms with Gasteiger partial charge in [-0.15, -0.1) is 0 Å². The summed E-state index contributed by atoms with van der Waals surface area (Å²) in [6, 6.07) is 1.55. The number of fused-ring (bicyclic) bond motifs is 1. The van der Waals surface area contributed by atoms with Gasteiger partial charge in [-0.1, -0.05) is 17.7 Å². The predicted molar refractivity (Wildman–Crippen MR) is 48.7 cm³/mol. The van der Waals surface area contributed by atoms with E-state index in [-0.39, 0.29) is 5.56 Å². The highest BCUT2D eigenvalue weighted by Crippen LogP contribution is 2.29. The Morgan fingerprint density at radius 2 is 2.38 bits per heavy atom. The van der Waals surface area contributed by atoms with E-state index in [2.05, 4.69) is 4.98 Å². The number of nitrogens with zero attached hydrogens (tertiary/aromatic N) is 1. The summed E-state index contributed by atoms with van der Waals surface area (Å²) in [5, 5.41) is 9.29. The van der Waals surface area contributed by atoms with E-state index in [0.717, 1.165) is 11.3 Å². The number of pyridine rings is 1. The minimum atomic E-state index is -0.980. The van der Waals surface area contributed by atoms with E-state index in [1.807, 2.05) is 6.08 Å². The zero-order valence-corrected chi connectivity index (χ0v) is 7.38. The lowest BCUT2D eigenvalue weighted by Gasteiger charge is -2.00. The van der Waals surface area contributed by atoms with E-state index in [9.17, 15) is 4.79 Å². The molecule has 1 aliphatic carbocycles. The van der Waals surface area contributed by atoms with Crippen LogP contribution in [-0.2, 0) is 6.42 Å². The molecular formula is C9H6ClNO2. The molecule has 0 saturated carbocycles. The zero-order chi connectivity index (χ0) is 9.42. The maximum Gasteiger partial charge on any atom is 0.337 e. The fourth-order valence-corrected chi connectivity index (χ4v) is 1.52. The minimum Gasteiger partial charge on any atom is -0.478 e. The highest BCUT2D eigenvalue weighted by atomic mass is 35.5. The third kappa shape index (κ3) is 1.31. The second-order valence-electron chi connectivity index (χ2n) is 2.78. The monoisotopic (exact) mass is 195 g/mol. The Balaban J connectivity index is 2.53. The van der Waals surface area contributed by atoms with Crippen LogP contribution in [0.1, 0.15) is 21.6 Å². The van der Waals surface area contributed by atoms with E-state index in [0.29, 0.717) is 11.5 Å². The topological polar surface area (TPSA) is 50.2 Å². The van der Waals surface area contributed by atoms with Gasteiger partial charge in [-0.2, -0.15) is 0 Å². The van der Waals surface area contributed by atoms with Crippen LogP contribution in [0.5, 0.6) is 0 Å². The molecule has 3 nitrogen and oxygen atoms in total. The molecule has 1 aliphatic rings. The number of carboxylic acids is 1. The van der Waals surface area contributed by atoms with Gasteiger partial charge in [0.15, 0.2) is 0 Å². The summed E-state index contributed by atoms with van der Waals surface area (Å²) >= 11 is 5.85.